The van der Waals surface area contributed by atoms with E-state index in [2.05, 4.69) is 435 Å². The molecular weight excluding hydrogens is 1310 g/mol. The van der Waals surface area contributed by atoms with Gasteiger partial charge in [0.15, 0.2) is 5.82 Å². The molecule has 105 heavy (non-hydrogen) atoms. The molecule has 2 aromatic heterocycles. The lowest BCUT2D eigenvalue weighted by Gasteiger charge is -2.46. The number of benzene rings is 16. The third-order valence-electron chi connectivity index (χ3n) is 20.2. The molecule has 0 fully saturated rings. The van der Waals surface area contributed by atoms with Gasteiger partial charge in [0.1, 0.15) is 5.82 Å². The van der Waals surface area contributed by atoms with Crippen LogP contribution in [0.3, 0.4) is 0 Å². The Bertz CT molecular complexity index is 5410. The summed E-state index contributed by atoms with van der Waals surface area (Å²) in [6.45, 7) is 0. The lowest BCUT2D eigenvalue weighted by Crippen LogP contribution is -2.10. The van der Waals surface area contributed by atoms with E-state index in [1.54, 1.807) is 0 Å². The fourth-order valence-electron chi connectivity index (χ4n) is 15.3. The second-order valence-electron chi connectivity index (χ2n) is 26.5. The number of nitrogens with zero attached hydrogens (tertiary/aromatic N) is 3. The van der Waals surface area contributed by atoms with Crippen LogP contribution < -0.4 is 0 Å². The molecule has 16 aromatic carbocycles. The summed E-state index contributed by atoms with van der Waals surface area (Å²) in [4.78, 5) is 21.0. The highest BCUT2D eigenvalue weighted by atomic mass is 32.3. The zero-order valence-corrected chi connectivity index (χ0v) is 59.3. The van der Waals surface area contributed by atoms with E-state index in [4.69, 9.17) is 9.97 Å². The van der Waals surface area contributed by atoms with Gasteiger partial charge in [-0.15, -0.1) is 20.1 Å². The van der Waals surface area contributed by atoms with Crippen LogP contribution in [0.1, 0.15) is 0 Å². The standard InChI is InChI=1S/C100H71N3S2/c1-8-32-72(33-9-1)79-46-26-52-86(62-79)104(87-53-27-47-80(63-87)73-34-10-2-11-35-73,88-54-28-48-81(64-88)74-36-12-3-13-37-74)92-68-85(96-71-99(102-100(101-96)78-44-20-7-21-45-78)103-97-60-24-22-58-94(97)95-59-23-25-61-98(95)103)69-93(70-92)105(89-55-29-49-82(65-89)75-38-14-4-15-39-75,90-56-30-50-83(66-90)76-40-16-5-17-41-76)91-57-31-51-84(67-91)77-42-18-6-19-43-77/h1-71H. The van der Waals surface area contributed by atoms with Crippen molar-refractivity contribution in [1.82, 2.24) is 14.5 Å². The van der Waals surface area contributed by atoms with E-state index in [-0.39, 0.29) is 0 Å². The Kier molecular flexibility index (Phi) is 17.2. The number of hydrogen-bond donors (Lipinski definition) is 0. The lowest BCUT2D eigenvalue weighted by molar-refractivity contribution is 1.05. The summed E-state index contributed by atoms with van der Waals surface area (Å²) in [6.07, 6.45) is 0. The summed E-state index contributed by atoms with van der Waals surface area (Å²) in [5.74, 6) is 1.39. The van der Waals surface area contributed by atoms with Gasteiger partial charge in [-0.2, -0.15) is 0 Å². The first-order chi connectivity index (χ1) is 52.0. The summed E-state index contributed by atoms with van der Waals surface area (Å²) in [7, 11) is -5.45. The van der Waals surface area contributed by atoms with Crippen molar-refractivity contribution in [2.24, 2.45) is 0 Å². The quantitative estimate of drug-likeness (QED) is 0.0910. The van der Waals surface area contributed by atoms with Crippen LogP contribution in [-0.2, 0) is 0 Å². The maximum Gasteiger partial charge on any atom is 0.162 e. The first-order valence-corrected chi connectivity index (χ1v) is 39.0. The van der Waals surface area contributed by atoms with Crippen LogP contribution in [0.2, 0.25) is 0 Å². The van der Waals surface area contributed by atoms with E-state index in [9.17, 15) is 0 Å². The van der Waals surface area contributed by atoms with Crippen molar-refractivity contribution in [2.75, 3.05) is 0 Å². The Hall–Kier alpha value is -12.9. The number of aromatic nitrogens is 3. The molecule has 0 saturated carbocycles. The third-order valence-corrected chi connectivity index (χ3v) is 27.9. The second-order valence-corrected chi connectivity index (χ2v) is 32.7. The van der Waals surface area contributed by atoms with Crippen molar-refractivity contribution in [3.8, 4) is 95.2 Å². The van der Waals surface area contributed by atoms with Gasteiger partial charge in [-0.05, 0) is 170 Å². The van der Waals surface area contributed by atoms with E-state index in [1.807, 2.05) is 0 Å². The van der Waals surface area contributed by atoms with Gasteiger partial charge in [0.2, 0.25) is 0 Å². The van der Waals surface area contributed by atoms with Crippen LogP contribution >= 0.6 is 20.1 Å². The van der Waals surface area contributed by atoms with Gasteiger partial charge < -0.3 is 0 Å². The van der Waals surface area contributed by atoms with Crippen molar-refractivity contribution in [3.63, 3.8) is 0 Å². The lowest BCUT2D eigenvalue weighted by atomic mass is 10.1. The molecule has 0 saturated heterocycles. The summed E-state index contributed by atoms with van der Waals surface area (Å²) in [5, 5.41) is 2.31. The molecule has 0 aliphatic heterocycles. The topological polar surface area (TPSA) is 30.7 Å². The van der Waals surface area contributed by atoms with Gasteiger partial charge in [0.05, 0.1) is 16.7 Å². The Balaban J connectivity index is 1.06. The molecule has 0 atom stereocenters. The Morgan fingerprint density at radius 2 is 0.410 bits per heavy atom. The summed E-state index contributed by atoms with van der Waals surface area (Å²) in [5.41, 5.74) is 18.4. The molecule has 0 aliphatic carbocycles. The Morgan fingerprint density at radius 1 is 0.171 bits per heavy atom. The molecule has 0 spiro atoms. The Morgan fingerprint density at radius 3 is 0.695 bits per heavy atom. The predicted molar refractivity (Wildman–Crippen MR) is 440 cm³/mol. The molecule has 0 radical (unpaired) electrons. The molecule has 0 amide bonds. The fraction of sp³-hybridized carbons (Fsp3) is 0. The van der Waals surface area contributed by atoms with Crippen molar-refractivity contribution in [1.29, 1.82) is 0 Å². The zero-order chi connectivity index (χ0) is 69.9. The average molecular weight is 1380 g/mol. The van der Waals surface area contributed by atoms with Crippen molar-refractivity contribution in [3.05, 3.63) is 431 Å². The molecule has 5 heteroatoms. The van der Waals surface area contributed by atoms with E-state index < -0.39 is 20.1 Å². The highest BCUT2D eigenvalue weighted by molar-refractivity contribution is 8.34. The summed E-state index contributed by atoms with van der Waals surface area (Å²) < 4.78 is 2.34. The van der Waals surface area contributed by atoms with Gasteiger partial charge in [0, 0.05) is 67.1 Å². The minimum Gasteiger partial charge on any atom is -0.294 e. The molecular formula is C100H71N3S2. The molecule has 0 N–H and O–H groups in total. The highest BCUT2D eigenvalue weighted by Gasteiger charge is 2.40. The predicted octanol–water partition coefficient (Wildman–Crippen LogP) is 27.6. The maximum absolute atomic E-state index is 5.94. The first-order valence-electron chi connectivity index (χ1n) is 35.7. The van der Waals surface area contributed by atoms with Gasteiger partial charge in [0.25, 0.3) is 0 Å². The molecule has 0 unspecified atom stereocenters. The minimum atomic E-state index is -2.72. The second kappa shape index (κ2) is 28.1. The normalized spacial score (nSPS) is 11.9. The Labute approximate surface area is 617 Å². The van der Waals surface area contributed by atoms with Gasteiger partial charge in [-0.3, -0.25) is 4.57 Å². The van der Waals surface area contributed by atoms with Crippen LogP contribution in [-0.4, -0.2) is 14.5 Å². The monoisotopic (exact) mass is 1380 g/mol. The molecule has 18 rings (SSSR count). The average Bonchev–Trinajstić information content (AvgIpc) is 1.24. The SMILES string of the molecule is c1ccc(-c2cccc(S(c3cccc(-c4ccccc4)c3)(c3cccc(-c4ccccc4)c3)c3cc(-c4cc(-n5c6ccccc6c6ccccc65)nc(-c5ccccc5)n4)cc(S(c4cccc(-c5ccccc5)c4)(c4cccc(-c5ccccc5)c4)c4cccc(-c5ccccc5)c4)c3)c2)cc1. The smallest absolute Gasteiger partial charge is 0.162 e. The van der Waals surface area contributed by atoms with Crippen molar-refractivity contribution >= 4 is 41.9 Å². The summed E-state index contributed by atoms with van der Waals surface area (Å²) in [6, 6.07) is 160. The van der Waals surface area contributed by atoms with Crippen molar-refractivity contribution in [2.45, 2.75) is 39.2 Å². The van der Waals surface area contributed by atoms with E-state index >= 15 is 0 Å². The number of rotatable bonds is 17. The zero-order valence-electron chi connectivity index (χ0n) is 57.7. The van der Waals surface area contributed by atoms with E-state index in [1.165, 1.54) is 29.4 Å². The van der Waals surface area contributed by atoms with Crippen LogP contribution in [0.15, 0.2) is 470 Å². The van der Waals surface area contributed by atoms with Crippen LogP contribution in [0.25, 0.3) is 117 Å². The van der Waals surface area contributed by atoms with Gasteiger partial charge in [-0.1, -0.05) is 322 Å². The molecule has 3 nitrogen and oxygen atoms in total. The maximum atomic E-state index is 5.94. The van der Waals surface area contributed by atoms with Crippen LogP contribution in [0.4, 0.5) is 0 Å². The fourth-order valence-corrected chi connectivity index (χ4v) is 23.3. The third kappa shape index (κ3) is 12.0. The molecule has 18 aromatic rings. The number of para-hydroxylation sites is 2. The molecule has 0 bridgehead atoms. The van der Waals surface area contributed by atoms with Crippen LogP contribution in [0, 0.1) is 0 Å². The minimum absolute atomic E-state index is 0.623. The van der Waals surface area contributed by atoms with Crippen molar-refractivity contribution < 1.29 is 0 Å². The highest BCUT2D eigenvalue weighted by Crippen LogP contribution is 2.79. The summed E-state index contributed by atoms with van der Waals surface area (Å²) >= 11 is 0. The van der Waals surface area contributed by atoms with Gasteiger partial charge >= 0.3 is 0 Å². The first kappa shape index (κ1) is 64.2. The molecule has 0 aliphatic rings. The number of hydrogen-bond acceptors (Lipinski definition) is 2. The van der Waals surface area contributed by atoms with Crippen LogP contribution in [0.5, 0.6) is 0 Å². The van der Waals surface area contributed by atoms with E-state index in [0.29, 0.717) is 5.82 Å². The molecule has 498 valence electrons. The van der Waals surface area contributed by atoms with Gasteiger partial charge in [-0.25, -0.2) is 9.97 Å². The largest absolute Gasteiger partial charge is 0.294 e. The molecule has 2 heterocycles. The van der Waals surface area contributed by atoms with E-state index in [0.717, 1.165) is 121 Å². The number of fused-ring (bicyclic) bond motifs is 3.